The van der Waals surface area contributed by atoms with Crippen LogP contribution in [0.3, 0.4) is 0 Å². The average Bonchev–Trinajstić information content (AvgIpc) is 3.33. The van der Waals surface area contributed by atoms with Crippen molar-refractivity contribution in [3.8, 4) is 10.4 Å². The van der Waals surface area contributed by atoms with Crippen LogP contribution in [-0.2, 0) is 17.6 Å². The van der Waals surface area contributed by atoms with Gasteiger partial charge in [-0.25, -0.2) is 4.79 Å². The molecule has 4 rings (SSSR count). The number of esters is 1. The van der Waals surface area contributed by atoms with E-state index in [0.717, 1.165) is 35.3 Å². The summed E-state index contributed by atoms with van der Waals surface area (Å²) < 4.78 is 5.21. The second kappa shape index (κ2) is 8.51. The van der Waals surface area contributed by atoms with Crippen molar-refractivity contribution < 1.29 is 14.3 Å². The average molecular weight is 426 g/mol. The minimum atomic E-state index is -0.414. The maximum absolute atomic E-state index is 13.1. The van der Waals surface area contributed by atoms with E-state index in [1.807, 2.05) is 35.7 Å². The number of carbonyl (C=O) groups is 2. The summed E-state index contributed by atoms with van der Waals surface area (Å²) in [6.45, 7) is 4.32. The fourth-order valence-corrected chi connectivity index (χ4v) is 5.92. The number of anilines is 1. The fourth-order valence-electron chi connectivity index (χ4n) is 3.63. The van der Waals surface area contributed by atoms with E-state index >= 15 is 0 Å². The Hall–Kier alpha value is -2.44. The van der Waals surface area contributed by atoms with Crippen molar-refractivity contribution in [1.29, 1.82) is 0 Å². The lowest BCUT2D eigenvalue weighted by Crippen LogP contribution is -2.17. The van der Waals surface area contributed by atoms with E-state index in [4.69, 9.17) is 4.74 Å². The summed E-state index contributed by atoms with van der Waals surface area (Å²) in [6.07, 6.45) is 3.08. The highest BCUT2D eigenvalue weighted by Gasteiger charge is 2.25. The zero-order chi connectivity index (χ0) is 20.4. The van der Waals surface area contributed by atoms with Crippen LogP contribution >= 0.6 is 22.7 Å². The summed E-state index contributed by atoms with van der Waals surface area (Å²) in [6, 6.07) is 11.6. The number of hydrogen-bond acceptors (Lipinski definition) is 5. The molecule has 0 bridgehead atoms. The van der Waals surface area contributed by atoms with E-state index in [-0.39, 0.29) is 5.91 Å². The molecule has 1 unspecified atom stereocenters. The molecule has 3 aromatic rings. The minimum absolute atomic E-state index is 0.149. The van der Waals surface area contributed by atoms with Gasteiger partial charge < -0.3 is 10.1 Å². The molecule has 0 fully saturated rings. The van der Waals surface area contributed by atoms with Crippen molar-refractivity contribution in [3.63, 3.8) is 0 Å². The largest absolute Gasteiger partial charge is 0.462 e. The van der Waals surface area contributed by atoms with Gasteiger partial charge in [-0.3, -0.25) is 4.79 Å². The predicted octanol–water partition coefficient (Wildman–Crippen LogP) is 6.03. The molecule has 2 aromatic heterocycles. The van der Waals surface area contributed by atoms with E-state index in [0.29, 0.717) is 23.1 Å². The topological polar surface area (TPSA) is 55.4 Å². The normalized spacial score (nSPS) is 15.6. The van der Waals surface area contributed by atoms with Crippen LogP contribution in [0.25, 0.3) is 10.4 Å². The molecule has 4 nitrogen and oxygen atoms in total. The van der Waals surface area contributed by atoms with Gasteiger partial charge in [0.15, 0.2) is 0 Å². The van der Waals surface area contributed by atoms with E-state index in [9.17, 15) is 9.59 Å². The molecule has 0 radical (unpaired) electrons. The smallest absolute Gasteiger partial charge is 0.341 e. The monoisotopic (exact) mass is 425 g/mol. The van der Waals surface area contributed by atoms with Gasteiger partial charge in [0, 0.05) is 15.1 Å². The van der Waals surface area contributed by atoms with Gasteiger partial charge in [0.05, 0.1) is 17.7 Å². The summed E-state index contributed by atoms with van der Waals surface area (Å²) >= 11 is 3.07. The van der Waals surface area contributed by atoms with Crippen molar-refractivity contribution >= 4 is 39.6 Å². The molecule has 1 aliphatic carbocycles. The minimum Gasteiger partial charge on any atom is -0.462 e. The van der Waals surface area contributed by atoms with Gasteiger partial charge in [0.2, 0.25) is 0 Å². The van der Waals surface area contributed by atoms with Gasteiger partial charge in [0.25, 0.3) is 5.91 Å². The number of nitrogens with one attached hydrogen (secondary N) is 1. The van der Waals surface area contributed by atoms with Crippen molar-refractivity contribution in [2.45, 2.75) is 33.1 Å². The number of carbonyl (C=O) groups excluding carboxylic acids is 2. The molecule has 29 heavy (non-hydrogen) atoms. The molecule has 1 amide bonds. The third kappa shape index (κ3) is 4.14. The molecule has 6 heteroatoms. The van der Waals surface area contributed by atoms with E-state index in [2.05, 4.69) is 12.2 Å². The first-order valence-corrected chi connectivity index (χ1v) is 11.5. The Morgan fingerprint density at radius 3 is 2.76 bits per heavy atom. The third-order valence-corrected chi connectivity index (χ3v) is 7.31. The molecule has 150 valence electrons. The van der Waals surface area contributed by atoms with Crippen LogP contribution in [0.5, 0.6) is 0 Å². The maximum atomic E-state index is 13.1. The second-order valence-electron chi connectivity index (χ2n) is 7.29. The molecule has 0 spiro atoms. The first kappa shape index (κ1) is 19.9. The standard InChI is InChI=1S/C23H23NO3S2/c1-3-27-23(26)17-12-19(15-7-5-4-6-8-15)29-22(17)24-21(25)18-13-28-20-11-14(2)9-10-16(18)20/h4-8,12-14H,3,9-11H2,1-2H3,(H,24,25). The number of hydrogen-bond donors (Lipinski definition) is 1. The Morgan fingerprint density at radius 1 is 1.21 bits per heavy atom. The summed E-state index contributed by atoms with van der Waals surface area (Å²) in [5.74, 6) is 0.102. The molecule has 1 N–H and O–H groups in total. The van der Waals surface area contributed by atoms with Crippen LogP contribution in [0.4, 0.5) is 5.00 Å². The number of benzene rings is 1. The lowest BCUT2D eigenvalue weighted by atomic mass is 9.88. The Bertz CT molecular complexity index is 1040. The molecular formula is C23H23NO3S2. The summed E-state index contributed by atoms with van der Waals surface area (Å²) in [5.41, 5.74) is 3.32. The number of fused-ring (bicyclic) bond motifs is 1. The van der Waals surface area contributed by atoms with Gasteiger partial charge in [-0.1, -0.05) is 37.3 Å². The molecule has 1 aliphatic rings. The SMILES string of the molecule is CCOC(=O)c1cc(-c2ccccc2)sc1NC(=O)c1csc2c1CCC(C)C2. The van der Waals surface area contributed by atoms with Crippen molar-refractivity contribution in [2.24, 2.45) is 5.92 Å². The highest BCUT2D eigenvalue weighted by molar-refractivity contribution is 7.20. The Kier molecular flexibility index (Phi) is 5.83. The predicted molar refractivity (Wildman–Crippen MR) is 119 cm³/mol. The highest BCUT2D eigenvalue weighted by atomic mass is 32.1. The number of rotatable bonds is 5. The van der Waals surface area contributed by atoms with Crippen LogP contribution in [0.15, 0.2) is 41.8 Å². The van der Waals surface area contributed by atoms with Crippen LogP contribution in [0.2, 0.25) is 0 Å². The first-order valence-electron chi connectivity index (χ1n) is 9.83. The van der Waals surface area contributed by atoms with Gasteiger partial charge in [0.1, 0.15) is 5.00 Å². The first-order chi connectivity index (χ1) is 14.1. The van der Waals surface area contributed by atoms with Crippen LogP contribution in [-0.4, -0.2) is 18.5 Å². The van der Waals surface area contributed by atoms with Crippen LogP contribution in [0, 0.1) is 5.92 Å². The molecule has 0 saturated carbocycles. The summed E-state index contributed by atoms with van der Waals surface area (Å²) in [4.78, 5) is 27.8. The molecular weight excluding hydrogens is 402 g/mol. The zero-order valence-corrected chi connectivity index (χ0v) is 18.1. The molecule has 0 aliphatic heterocycles. The number of thiophene rings is 2. The molecule has 1 aromatic carbocycles. The van der Waals surface area contributed by atoms with E-state index < -0.39 is 5.97 Å². The summed E-state index contributed by atoms with van der Waals surface area (Å²) in [7, 11) is 0. The van der Waals surface area contributed by atoms with Crippen molar-refractivity contribution in [1.82, 2.24) is 0 Å². The second-order valence-corrected chi connectivity index (χ2v) is 9.31. The Balaban J connectivity index is 1.64. The van der Waals surface area contributed by atoms with Crippen LogP contribution in [0.1, 0.15) is 51.4 Å². The number of ether oxygens (including phenoxy) is 1. The van der Waals surface area contributed by atoms with Gasteiger partial charge in [-0.2, -0.15) is 0 Å². The summed E-state index contributed by atoms with van der Waals surface area (Å²) in [5, 5.41) is 5.48. The van der Waals surface area contributed by atoms with Crippen LogP contribution < -0.4 is 5.32 Å². The lowest BCUT2D eigenvalue weighted by molar-refractivity contribution is 0.0528. The van der Waals surface area contributed by atoms with E-state index in [1.54, 1.807) is 24.3 Å². The lowest BCUT2D eigenvalue weighted by Gasteiger charge is -2.18. The van der Waals surface area contributed by atoms with E-state index in [1.165, 1.54) is 21.8 Å². The molecule has 0 saturated heterocycles. The zero-order valence-electron chi connectivity index (χ0n) is 16.5. The Labute approximate surface area is 178 Å². The van der Waals surface area contributed by atoms with Gasteiger partial charge in [-0.15, -0.1) is 22.7 Å². The molecule has 1 atom stereocenters. The third-order valence-electron chi connectivity index (χ3n) is 5.16. The van der Waals surface area contributed by atoms with Crippen molar-refractivity contribution in [2.75, 3.05) is 11.9 Å². The number of amides is 1. The Morgan fingerprint density at radius 2 is 2.00 bits per heavy atom. The fraction of sp³-hybridized carbons (Fsp3) is 0.304. The highest BCUT2D eigenvalue weighted by Crippen LogP contribution is 2.37. The quantitative estimate of drug-likeness (QED) is 0.508. The molecule has 2 heterocycles. The maximum Gasteiger partial charge on any atom is 0.341 e. The van der Waals surface area contributed by atoms with Gasteiger partial charge in [-0.05, 0) is 49.3 Å². The van der Waals surface area contributed by atoms with Crippen molar-refractivity contribution in [3.05, 3.63) is 63.3 Å². The van der Waals surface area contributed by atoms with Gasteiger partial charge >= 0.3 is 5.97 Å².